The minimum atomic E-state index is -3.86. The summed E-state index contributed by atoms with van der Waals surface area (Å²) in [5, 5.41) is 2.65. The number of amides is 1. The maximum atomic E-state index is 12.8. The number of benzene rings is 3. The van der Waals surface area contributed by atoms with Crippen LogP contribution in [-0.2, 0) is 19.6 Å². The fourth-order valence-corrected chi connectivity index (χ4v) is 4.46. The SMILES string of the molecule is Cc1cccc(NS(=O)(=O)c2ccc(C(=O)OC(C)C(=O)Nc3ccc4c(c3)OCO4)cc2)c1C. The zero-order chi connectivity index (χ0) is 25.2. The zero-order valence-corrected chi connectivity index (χ0v) is 20.1. The Morgan fingerprint density at radius 2 is 1.69 bits per heavy atom. The van der Waals surface area contributed by atoms with Gasteiger partial charge in [0.05, 0.1) is 16.1 Å². The van der Waals surface area contributed by atoms with E-state index < -0.39 is 28.0 Å². The number of carbonyl (C=O) groups excluding carboxylic acids is 2. The molecule has 9 nitrogen and oxygen atoms in total. The van der Waals surface area contributed by atoms with E-state index in [9.17, 15) is 18.0 Å². The van der Waals surface area contributed by atoms with Crippen molar-refractivity contribution in [1.29, 1.82) is 0 Å². The monoisotopic (exact) mass is 496 g/mol. The maximum absolute atomic E-state index is 12.8. The van der Waals surface area contributed by atoms with Crippen molar-refractivity contribution in [3.63, 3.8) is 0 Å². The molecule has 0 saturated carbocycles. The summed E-state index contributed by atoms with van der Waals surface area (Å²) in [6, 6.07) is 15.5. The lowest BCUT2D eigenvalue weighted by Crippen LogP contribution is -2.30. The summed E-state index contributed by atoms with van der Waals surface area (Å²) in [6.45, 7) is 5.27. The van der Waals surface area contributed by atoms with Crippen LogP contribution in [0.5, 0.6) is 11.5 Å². The van der Waals surface area contributed by atoms with Crippen LogP contribution in [0.25, 0.3) is 0 Å². The first-order valence-electron chi connectivity index (χ1n) is 10.7. The lowest BCUT2D eigenvalue weighted by Gasteiger charge is -2.14. The molecular formula is C25H24N2O7S. The first-order chi connectivity index (χ1) is 16.6. The van der Waals surface area contributed by atoms with Crippen LogP contribution in [-0.4, -0.2) is 33.2 Å². The highest BCUT2D eigenvalue weighted by atomic mass is 32.2. The van der Waals surface area contributed by atoms with E-state index in [1.807, 2.05) is 19.9 Å². The number of esters is 1. The van der Waals surface area contributed by atoms with Gasteiger partial charge in [0.1, 0.15) is 0 Å². The molecule has 4 rings (SSSR count). The average Bonchev–Trinajstić information content (AvgIpc) is 3.30. The number of nitrogens with one attached hydrogen (secondary N) is 2. The third-order valence-corrected chi connectivity index (χ3v) is 6.92. The summed E-state index contributed by atoms with van der Waals surface area (Å²) in [7, 11) is -3.86. The van der Waals surface area contributed by atoms with Crippen LogP contribution < -0.4 is 19.5 Å². The number of aryl methyl sites for hydroxylation is 1. The first-order valence-corrected chi connectivity index (χ1v) is 12.2. The van der Waals surface area contributed by atoms with Gasteiger partial charge in [-0.25, -0.2) is 13.2 Å². The van der Waals surface area contributed by atoms with E-state index in [1.165, 1.54) is 31.2 Å². The Balaban J connectivity index is 1.38. The predicted molar refractivity (Wildman–Crippen MR) is 129 cm³/mol. The highest BCUT2D eigenvalue weighted by Gasteiger charge is 2.22. The Bertz CT molecular complexity index is 1390. The van der Waals surface area contributed by atoms with Crippen molar-refractivity contribution in [1.82, 2.24) is 0 Å². The van der Waals surface area contributed by atoms with Gasteiger partial charge in [-0.05, 0) is 74.4 Å². The molecule has 0 aliphatic carbocycles. The minimum absolute atomic E-state index is 0.0106. The van der Waals surface area contributed by atoms with Crippen LogP contribution >= 0.6 is 0 Å². The smallest absolute Gasteiger partial charge is 0.338 e. The Kier molecular flexibility index (Phi) is 6.65. The van der Waals surface area contributed by atoms with Crippen LogP contribution in [0.1, 0.15) is 28.4 Å². The number of carbonyl (C=O) groups is 2. The number of hydrogen-bond donors (Lipinski definition) is 2. The van der Waals surface area contributed by atoms with Crippen LogP contribution in [0.15, 0.2) is 65.6 Å². The van der Waals surface area contributed by atoms with E-state index in [2.05, 4.69) is 10.0 Å². The molecule has 0 radical (unpaired) electrons. The van der Waals surface area contributed by atoms with Crippen molar-refractivity contribution >= 4 is 33.3 Å². The van der Waals surface area contributed by atoms with Crippen molar-refractivity contribution in [3.8, 4) is 11.5 Å². The fourth-order valence-electron chi connectivity index (χ4n) is 3.34. The summed E-state index contributed by atoms with van der Waals surface area (Å²) in [5.41, 5.74) is 2.84. The maximum Gasteiger partial charge on any atom is 0.338 e. The van der Waals surface area contributed by atoms with E-state index in [-0.39, 0.29) is 17.3 Å². The highest BCUT2D eigenvalue weighted by Crippen LogP contribution is 2.34. The molecule has 1 heterocycles. The molecular weight excluding hydrogens is 472 g/mol. The molecule has 0 saturated heterocycles. The summed E-state index contributed by atoms with van der Waals surface area (Å²) >= 11 is 0. The second-order valence-electron chi connectivity index (χ2n) is 7.98. The Labute approximate surface area is 203 Å². The van der Waals surface area contributed by atoms with Crippen LogP contribution in [0.2, 0.25) is 0 Å². The molecule has 1 aliphatic rings. The lowest BCUT2D eigenvalue weighted by molar-refractivity contribution is -0.123. The number of rotatable bonds is 7. The van der Waals surface area contributed by atoms with Crippen molar-refractivity contribution in [3.05, 3.63) is 77.4 Å². The first kappa shape index (κ1) is 24.1. The number of sulfonamides is 1. The molecule has 1 atom stereocenters. The number of fused-ring (bicyclic) bond motifs is 1. The predicted octanol–water partition coefficient (Wildman–Crippen LogP) is 4.02. The standard InChI is InChI=1S/C25H24N2O7S/c1-15-5-4-6-21(16(15)2)27-35(30,31)20-10-7-18(8-11-20)25(29)34-17(3)24(28)26-19-9-12-22-23(13-19)33-14-32-22/h4-13,17,27H,14H2,1-3H3,(H,26,28). The van der Waals surface area contributed by atoms with Crippen molar-refractivity contribution in [2.24, 2.45) is 0 Å². The molecule has 3 aromatic carbocycles. The van der Waals surface area contributed by atoms with Gasteiger partial charge in [-0.2, -0.15) is 0 Å². The molecule has 0 fully saturated rings. The summed E-state index contributed by atoms with van der Waals surface area (Å²) in [5.74, 6) is -0.203. The molecule has 182 valence electrons. The minimum Gasteiger partial charge on any atom is -0.454 e. The Morgan fingerprint density at radius 3 is 2.43 bits per heavy atom. The molecule has 2 N–H and O–H groups in total. The molecule has 1 amide bonds. The van der Waals surface area contributed by atoms with Gasteiger partial charge in [-0.1, -0.05) is 12.1 Å². The van der Waals surface area contributed by atoms with E-state index in [0.29, 0.717) is 22.9 Å². The third-order valence-electron chi connectivity index (χ3n) is 5.54. The van der Waals surface area contributed by atoms with E-state index in [1.54, 1.807) is 30.3 Å². The van der Waals surface area contributed by atoms with Gasteiger partial charge in [0.2, 0.25) is 6.79 Å². The molecule has 0 spiro atoms. The highest BCUT2D eigenvalue weighted by molar-refractivity contribution is 7.92. The van der Waals surface area contributed by atoms with E-state index >= 15 is 0 Å². The van der Waals surface area contributed by atoms with Gasteiger partial charge in [0.25, 0.3) is 15.9 Å². The molecule has 1 unspecified atom stereocenters. The second-order valence-corrected chi connectivity index (χ2v) is 9.66. The van der Waals surface area contributed by atoms with Gasteiger partial charge in [0.15, 0.2) is 17.6 Å². The third kappa shape index (κ3) is 5.38. The molecule has 1 aliphatic heterocycles. The second kappa shape index (κ2) is 9.67. The van der Waals surface area contributed by atoms with Gasteiger partial charge >= 0.3 is 5.97 Å². The number of hydrogen-bond acceptors (Lipinski definition) is 7. The summed E-state index contributed by atoms with van der Waals surface area (Å²) < 4.78 is 43.8. The van der Waals surface area contributed by atoms with Crippen molar-refractivity contribution < 1.29 is 32.2 Å². The molecule has 0 aromatic heterocycles. The van der Waals surface area contributed by atoms with Crippen LogP contribution in [0.3, 0.4) is 0 Å². The molecule has 35 heavy (non-hydrogen) atoms. The number of ether oxygens (including phenoxy) is 3. The molecule has 10 heteroatoms. The lowest BCUT2D eigenvalue weighted by atomic mass is 10.1. The van der Waals surface area contributed by atoms with Crippen LogP contribution in [0, 0.1) is 13.8 Å². The van der Waals surface area contributed by atoms with E-state index in [4.69, 9.17) is 14.2 Å². The Morgan fingerprint density at radius 1 is 0.971 bits per heavy atom. The summed E-state index contributed by atoms with van der Waals surface area (Å²) in [6.07, 6.45) is -1.10. The average molecular weight is 497 g/mol. The van der Waals surface area contributed by atoms with Crippen molar-refractivity contribution in [2.45, 2.75) is 31.8 Å². The fraction of sp³-hybridized carbons (Fsp3) is 0.200. The normalized spacial score (nSPS) is 13.1. The topological polar surface area (TPSA) is 120 Å². The quantitative estimate of drug-likeness (QED) is 0.474. The van der Waals surface area contributed by atoms with Crippen molar-refractivity contribution in [2.75, 3.05) is 16.8 Å². The van der Waals surface area contributed by atoms with E-state index in [0.717, 1.165) is 11.1 Å². The van der Waals surface area contributed by atoms with Gasteiger partial charge in [0, 0.05) is 11.8 Å². The number of anilines is 2. The molecule has 0 bridgehead atoms. The molecule has 3 aromatic rings. The van der Waals surface area contributed by atoms with Crippen LogP contribution in [0.4, 0.5) is 11.4 Å². The largest absolute Gasteiger partial charge is 0.454 e. The van der Waals surface area contributed by atoms with Gasteiger partial charge < -0.3 is 19.5 Å². The summed E-state index contributed by atoms with van der Waals surface area (Å²) in [4.78, 5) is 24.9. The van der Waals surface area contributed by atoms with Gasteiger partial charge in [-0.3, -0.25) is 9.52 Å². The van der Waals surface area contributed by atoms with Gasteiger partial charge in [-0.15, -0.1) is 0 Å². The Hall–Kier alpha value is -4.05. The zero-order valence-electron chi connectivity index (χ0n) is 19.3.